The number of nitrogens with one attached hydrogen (secondary N) is 1. The lowest BCUT2D eigenvalue weighted by atomic mass is 10.1. The summed E-state index contributed by atoms with van der Waals surface area (Å²) in [6.07, 6.45) is 3.16. The number of nitrogens with two attached hydrogens (primary N) is 1. The summed E-state index contributed by atoms with van der Waals surface area (Å²) in [5.74, 6) is -0.0323. The highest BCUT2D eigenvalue weighted by Crippen LogP contribution is 2.08. The minimum Gasteiger partial charge on any atom is -0.348 e. The van der Waals surface area contributed by atoms with E-state index in [1.807, 2.05) is 24.3 Å². The average Bonchev–Trinajstić information content (AvgIpc) is 2.34. The molecule has 0 aliphatic rings. The molecule has 5 heteroatoms. The van der Waals surface area contributed by atoms with Crippen LogP contribution in [0.2, 0.25) is 0 Å². The predicted molar refractivity (Wildman–Crippen MR) is 86.2 cm³/mol. The lowest BCUT2D eigenvalue weighted by Gasteiger charge is -2.16. The molecule has 102 valence electrons. The summed E-state index contributed by atoms with van der Waals surface area (Å²) in [7, 11) is 0. The van der Waals surface area contributed by atoms with Crippen LogP contribution in [0, 0.1) is 3.57 Å². The minimum atomic E-state index is -0.0323. The number of unbranched alkanes of at least 4 members (excludes halogenated alkanes) is 1. The van der Waals surface area contributed by atoms with E-state index >= 15 is 0 Å². The molecule has 18 heavy (non-hydrogen) atoms. The van der Waals surface area contributed by atoms with Gasteiger partial charge in [0, 0.05) is 21.7 Å². The van der Waals surface area contributed by atoms with Crippen molar-refractivity contribution in [2.75, 3.05) is 6.54 Å². The lowest BCUT2D eigenvalue weighted by Crippen LogP contribution is -2.40. The highest BCUT2D eigenvalue weighted by Gasteiger charge is 2.11. The predicted octanol–water partition coefficient (Wildman–Crippen LogP) is 2.96. The number of amides is 1. The fourth-order valence-corrected chi connectivity index (χ4v) is 2.14. The summed E-state index contributed by atoms with van der Waals surface area (Å²) in [6, 6.07) is 7.64. The van der Waals surface area contributed by atoms with Crippen LogP contribution in [0.25, 0.3) is 0 Å². The van der Waals surface area contributed by atoms with Gasteiger partial charge in [-0.2, -0.15) is 0 Å². The second-order valence-electron chi connectivity index (χ2n) is 4.06. The van der Waals surface area contributed by atoms with Crippen molar-refractivity contribution in [2.45, 2.75) is 32.2 Å². The third kappa shape index (κ3) is 6.02. The zero-order valence-corrected chi connectivity index (χ0v) is 13.5. The number of benzene rings is 1. The summed E-state index contributed by atoms with van der Waals surface area (Å²) in [5, 5.41) is 2.98. The zero-order chi connectivity index (χ0) is 12.7. The Labute approximate surface area is 128 Å². The maximum atomic E-state index is 12.0. The molecule has 0 bridgehead atoms. The van der Waals surface area contributed by atoms with Gasteiger partial charge in [0.2, 0.25) is 0 Å². The second kappa shape index (κ2) is 9.58. The van der Waals surface area contributed by atoms with Crippen LogP contribution in [0.5, 0.6) is 0 Å². The van der Waals surface area contributed by atoms with Crippen LogP contribution in [0.4, 0.5) is 0 Å². The van der Waals surface area contributed by atoms with Gasteiger partial charge in [0.15, 0.2) is 0 Å². The standard InChI is InChI=1S/C13H19IN2O.ClH/c1-2-3-7-12(9-15)16-13(17)10-5-4-6-11(14)8-10;/h4-6,8,12H,2-3,7,9,15H2,1H3,(H,16,17);1H. The smallest absolute Gasteiger partial charge is 0.251 e. The van der Waals surface area contributed by atoms with Crippen molar-refractivity contribution in [1.82, 2.24) is 5.32 Å². The number of halogens is 2. The summed E-state index contributed by atoms with van der Waals surface area (Å²) in [6.45, 7) is 2.63. The molecule has 1 aromatic rings. The van der Waals surface area contributed by atoms with E-state index in [0.717, 1.165) is 22.8 Å². The largest absolute Gasteiger partial charge is 0.348 e. The Balaban J connectivity index is 0.00000289. The molecule has 0 aliphatic carbocycles. The van der Waals surface area contributed by atoms with Gasteiger partial charge in [-0.3, -0.25) is 4.79 Å². The summed E-state index contributed by atoms with van der Waals surface area (Å²) >= 11 is 2.20. The molecule has 1 aromatic carbocycles. The molecule has 3 N–H and O–H groups in total. The van der Waals surface area contributed by atoms with E-state index in [1.165, 1.54) is 0 Å². The van der Waals surface area contributed by atoms with Crippen molar-refractivity contribution >= 4 is 40.9 Å². The average molecular weight is 383 g/mol. The van der Waals surface area contributed by atoms with Crippen molar-refractivity contribution in [3.63, 3.8) is 0 Å². The number of hydrogen-bond donors (Lipinski definition) is 2. The van der Waals surface area contributed by atoms with Crippen LogP contribution in [-0.2, 0) is 0 Å². The van der Waals surface area contributed by atoms with E-state index in [4.69, 9.17) is 5.73 Å². The summed E-state index contributed by atoms with van der Waals surface area (Å²) in [4.78, 5) is 12.0. The first-order valence-corrected chi connectivity index (χ1v) is 7.01. The van der Waals surface area contributed by atoms with Gasteiger partial charge in [0.1, 0.15) is 0 Å². The first-order chi connectivity index (χ1) is 8.17. The van der Waals surface area contributed by atoms with Gasteiger partial charge in [0.25, 0.3) is 5.91 Å². The fourth-order valence-electron chi connectivity index (χ4n) is 1.60. The molecular weight excluding hydrogens is 363 g/mol. The second-order valence-corrected chi connectivity index (χ2v) is 5.30. The third-order valence-corrected chi connectivity index (χ3v) is 3.28. The summed E-state index contributed by atoms with van der Waals surface area (Å²) < 4.78 is 1.06. The molecule has 1 unspecified atom stereocenters. The Morgan fingerprint density at radius 3 is 2.78 bits per heavy atom. The van der Waals surface area contributed by atoms with E-state index in [2.05, 4.69) is 34.8 Å². The molecule has 0 radical (unpaired) electrons. The Bertz CT molecular complexity index is 374. The fraction of sp³-hybridized carbons (Fsp3) is 0.462. The molecule has 0 saturated carbocycles. The van der Waals surface area contributed by atoms with Crippen LogP contribution < -0.4 is 11.1 Å². The molecule has 1 amide bonds. The van der Waals surface area contributed by atoms with Gasteiger partial charge in [-0.25, -0.2) is 0 Å². The number of rotatable bonds is 6. The van der Waals surface area contributed by atoms with E-state index in [-0.39, 0.29) is 24.4 Å². The van der Waals surface area contributed by atoms with Crippen LogP contribution in [0.15, 0.2) is 24.3 Å². The monoisotopic (exact) mass is 382 g/mol. The maximum absolute atomic E-state index is 12.0. The van der Waals surface area contributed by atoms with Crippen LogP contribution >= 0.6 is 35.0 Å². The van der Waals surface area contributed by atoms with Crippen molar-refractivity contribution in [1.29, 1.82) is 0 Å². The molecule has 0 heterocycles. The molecule has 0 aromatic heterocycles. The van der Waals surface area contributed by atoms with Gasteiger partial charge >= 0.3 is 0 Å². The van der Waals surface area contributed by atoms with Crippen LogP contribution in [-0.4, -0.2) is 18.5 Å². The first kappa shape index (κ1) is 17.7. The molecule has 1 atom stereocenters. The van der Waals surface area contributed by atoms with Crippen molar-refractivity contribution < 1.29 is 4.79 Å². The van der Waals surface area contributed by atoms with Crippen molar-refractivity contribution in [2.24, 2.45) is 5.73 Å². The number of carbonyl (C=O) groups excluding carboxylic acids is 1. The molecule has 0 saturated heterocycles. The Morgan fingerprint density at radius 2 is 2.22 bits per heavy atom. The van der Waals surface area contributed by atoms with Gasteiger partial charge in [-0.1, -0.05) is 25.8 Å². The third-order valence-electron chi connectivity index (χ3n) is 2.61. The van der Waals surface area contributed by atoms with E-state index < -0.39 is 0 Å². The molecule has 0 spiro atoms. The van der Waals surface area contributed by atoms with E-state index in [9.17, 15) is 4.79 Å². The number of carbonyl (C=O) groups is 1. The maximum Gasteiger partial charge on any atom is 0.251 e. The highest BCUT2D eigenvalue weighted by molar-refractivity contribution is 14.1. The topological polar surface area (TPSA) is 55.1 Å². The van der Waals surface area contributed by atoms with Crippen molar-refractivity contribution in [3.05, 3.63) is 33.4 Å². The minimum absolute atomic E-state index is 0. The quantitative estimate of drug-likeness (QED) is 0.743. The van der Waals surface area contributed by atoms with E-state index in [1.54, 1.807) is 0 Å². The Kier molecular flexibility index (Phi) is 9.40. The zero-order valence-electron chi connectivity index (χ0n) is 10.5. The normalized spacial score (nSPS) is 11.5. The Morgan fingerprint density at radius 1 is 1.50 bits per heavy atom. The van der Waals surface area contributed by atoms with Crippen LogP contribution in [0.1, 0.15) is 36.5 Å². The summed E-state index contributed by atoms with van der Waals surface area (Å²) in [5.41, 5.74) is 6.35. The lowest BCUT2D eigenvalue weighted by molar-refractivity contribution is 0.0935. The van der Waals surface area contributed by atoms with Crippen LogP contribution in [0.3, 0.4) is 0 Å². The van der Waals surface area contributed by atoms with Gasteiger partial charge in [0.05, 0.1) is 0 Å². The number of hydrogen-bond acceptors (Lipinski definition) is 2. The molecule has 3 nitrogen and oxygen atoms in total. The van der Waals surface area contributed by atoms with Crippen molar-refractivity contribution in [3.8, 4) is 0 Å². The highest BCUT2D eigenvalue weighted by atomic mass is 127. The van der Waals surface area contributed by atoms with Gasteiger partial charge < -0.3 is 11.1 Å². The molecular formula is C13H20ClIN2O. The van der Waals surface area contributed by atoms with Gasteiger partial charge in [-0.15, -0.1) is 12.4 Å². The molecule has 0 fully saturated rings. The molecule has 0 aliphatic heterocycles. The molecule has 1 rings (SSSR count). The Hall–Kier alpha value is -0.330. The van der Waals surface area contributed by atoms with E-state index in [0.29, 0.717) is 12.1 Å². The van der Waals surface area contributed by atoms with Gasteiger partial charge in [-0.05, 0) is 47.2 Å². The SMILES string of the molecule is CCCCC(CN)NC(=O)c1cccc(I)c1.Cl. The first-order valence-electron chi connectivity index (χ1n) is 5.94.